The van der Waals surface area contributed by atoms with E-state index < -0.39 is 0 Å². The number of halogens is 2. The molecule has 0 heterocycles. The topological polar surface area (TPSA) is 20.3 Å². The maximum absolute atomic E-state index is 12.3. The predicted molar refractivity (Wildman–Crippen MR) is 90.5 cm³/mol. The lowest BCUT2D eigenvalue weighted by atomic mass is 10.1. The summed E-state index contributed by atoms with van der Waals surface area (Å²) >= 11 is 13.6. The number of nitrogens with zero attached hydrogens (tertiary/aromatic N) is 1. The van der Waals surface area contributed by atoms with Crippen LogP contribution in [0.2, 0.25) is 10.0 Å². The number of Topliss-reactive ketones (excluding diaryl/α,β-unsaturated/α-hetero) is 1. The van der Waals surface area contributed by atoms with E-state index in [9.17, 15) is 4.79 Å². The van der Waals surface area contributed by atoms with Crippen LogP contribution < -0.4 is 0 Å². The highest BCUT2D eigenvalue weighted by Gasteiger charge is 2.18. The molecule has 1 aromatic rings. The molecule has 2 nitrogen and oxygen atoms in total. The van der Waals surface area contributed by atoms with Gasteiger partial charge in [-0.3, -0.25) is 4.79 Å². The smallest absolute Gasteiger partial charge is 0.177 e. The maximum Gasteiger partial charge on any atom is 0.177 e. The highest BCUT2D eigenvalue weighted by Crippen LogP contribution is 2.25. The molecular weight excluding hydrogens is 313 g/mol. The molecule has 1 aromatic carbocycles. The molecule has 0 saturated carbocycles. The minimum absolute atomic E-state index is 0.0659. The number of ketones is 1. The van der Waals surface area contributed by atoms with Gasteiger partial charge in [0.15, 0.2) is 5.78 Å². The summed E-state index contributed by atoms with van der Waals surface area (Å²) in [6.45, 7) is 9.32. The Balaban J connectivity index is 2.54. The molecule has 0 saturated heterocycles. The first kappa shape index (κ1) is 17.8. The van der Waals surface area contributed by atoms with Crippen LogP contribution in [0.5, 0.6) is 0 Å². The zero-order chi connectivity index (χ0) is 15.1. The number of hydrogen-bond acceptors (Lipinski definition) is 3. The zero-order valence-corrected chi connectivity index (χ0v) is 14.5. The van der Waals surface area contributed by atoms with Gasteiger partial charge in [-0.15, -0.1) is 11.8 Å². The van der Waals surface area contributed by atoms with Gasteiger partial charge in [0.1, 0.15) is 0 Å². The SMILES string of the molecule is CCN(CC)CCSC(C)C(=O)c1ccc(Cl)cc1Cl. The summed E-state index contributed by atoms with van der Waals surface area (Å²) < 4.78 is 0. The predicted octanol–water partition coefficient (Wildman–Crippen LogP) is 4.64. The number of rotatable bonds is 8. The molecule has 1 unspecified atom stereocenters. The van der Waals surface area contributed by atoms with Crippen LogP contribution >= 0.6 is 35.0 Å². The summed E-state index contributed by atoms with van der Waals surface area (Å²) in [6, 6.07) is 5.02. The lowest BCUT2D eigenvalue weighted by molar-refractivity contribution is 0.0994. The molecule has 0 aliphatic rings. The van der Waals surface area contributed by atoms with E-state index in [-0.39, 0.29) is 11.0 Å². The van der Waals surface area contributed by atoms with Gasteiger partial charge in [0.25, 0.3) is 0 Å². The van der Waals surface area contributed by atoms with Gasteiger partial charge in [0.2, 0.25) is 0 Å². The van der Waals surface area contributed by atoms with Crippen molar-refractivity contribution in [3.63, 3.8) is 0 Å². The molecule has 0 amide bonds. The van der Waals surface area contributed by atoms with Gasteiger partial charge < -0.3 is 4.90 Å². The van der Waals surface area contributed by atoms with Crippen molar-refractivity contribution >= 4 is 40.7 Å². The fourth-order valence-electron chi connectivity index (χ4n) is 1.88. The summed E-state index contributed by atoms with van der Waals surface area (Å²) in [5.74, 6) is 1.01. The third-order valence-corrected chi connectivity index (χ3v) is 4.92. The van der Waals surface area contributed by atoms with Crippen molar-refractivity contribution in [2.45, 2.75) is 26.0 Å². The Hall–Kier alpha value is -0.220. The van der Waals surface area contributed by atoms with E-state index in [0.717, 1.165) is 25.4 Å². The van der Waals surface area contributed by atoms with E-state index in [1.54, 1.807) is 30.0 Å². The molecule has 112 valence electrons. The first-order chi connectivity index (χ1) is 9.49. The van der Waals surface area contributed by atoms with Crippen LogP contribution in [0.15, 0.2) is 18.2 Å². The van der Waals surface area contributed by atoms with Crippen molar-refractivity contribution in [1.29, 1.82) is 0 Å². The van der Waals surface area contributed by atoms with E-state index in [1.165, 1.54) is 0 Å². The minimum Gasteiger partial charge on any atom is -0.303 e. The number of thioether (sulfide) groups is 1. The van der Waals surface area contributed by atoms with E-state index in [1.807, 2.05) is 6.92 Å². The molecule has 1 rings (SSSR count). The standard InChI is InChI=1S/C15H21Cl2NOS/c1-4-18(5-2)8-9-20-11(3)15(19)13-7-6-12(16)10-14(13)17/h6-7,10-11H,4-5,8-9H2,1-3H3. The number of carbonyl (C=O) groups excluding carboxylic acids is 1. The molecule has 0 radical (unpaired) electrons. The average molecular weight is 334 g/mol. The molecule has 0 spiro atoms. The molecule has 0 aliphatic heterocycles. The lowest BCUT2D eigenvalue weighted by Gasteiger charge is -2.18. The zero-order valence-electron chi connectivity index (χ0n) is 12.2. The first-order valence-corrected chi connectivity index (χ1v) is 8.63. The minimum atomic E-state index is -0.0933. The van der Waals surface area contributed by atoms with Gasteiger partial charge in [0.05, 0.1) is 10.3 Å². The second-order valence-electron chi connectivity index (χ2n) is 4.53. The monoisotopic (exact) mass is 333 g/mol. The lowest BCUT2D eigenvalue weighted by Crippen LogP contribution is -2.26. The second-order valence-corrected chi connectivity index (χ2v) is 6.82. The van der Waals surface area contributed by atoms with Crippen molar-refractivity contribution in [3.8, 4) is 0 Å². The number of hydrogen-bond donors (Lipinski definition) is 0. The maximum atomic E-state index is 12.3. The third-order valence-electron chi connectivity index (χ3n) is 3.24. The van der Waals surface area contributed by atoms with Gasteiger partial charge in [-0.05, 0) is 38.2 Å². The van der Waals surface area contributed by atoms with Crippen LogP contribution in [0, 0.1) is 0 Å². The van der Waals surface area contributed by atoms with Gasteiger partial charge in [-0.2, -0.15) is 0 Å². The molecule has 0 bridgehead atoms. The molecular formula is C15H21Cl2NOS. The number of carbonyl (C=O) groups is 1. The summed E-state index contributed by atoms with van der Waals surface area (Å²) in [6.07, 6.45) is 0. The average Bonchev–Trinajstić information content (AvgIpc) is 2.42. The Morgan fingerprint density at radius 2 is 1.95 bits per heavy atom. The molecule has 20 heavy (non-hydrogen) atoms. The molecule has 0 N–H and O–H groups in total. The van der Waals surface area contributed by atoms with E-state index in [2.05, 4.69) is 18.7 Å². The third kappa shape index (κ3) is 5.28. The van der Waals surface area contributed by atoms with E-state index in [4.69, 9.17) is 23.2 Å². The van der Waals surface area contributed by atoms with E-state index in [0.29, 0.717) is 15.6 Å². The van der Waals surface area contributed by atoms with Gasteiger partial charge in [-0.25, -0.2) is 0 Å². The Kier molecular flexibility index (Phi) is 7.96. The Morgan fingerprint density at radius 3 is 2.50 bits per heavy atom. The molecule has 5 heteroatoms. The Labute approximate surface area is 135 Å². The van der Waals surface area contributed by atoms with Gasteiger partial charge >= 0.3 is 0 Å². The largest absolute Gasteiger partial charge is 0.303 e. The van der Waals surface area contributed by atoms with Crippen molar-refractivity contribution in [2.24, 2.45) is 0 Å². The molecule has 0 aliphatic carbocycles. The summed E-state index contributed by atoms with van der Waals surface area (Å²) in [5, 5.41) is 0.885. The normalized spacial score (nSPS) is 12.7. The van der Waals surface area contributed by atoms with Gasteiger partial charge in [0, 0.05) is 22.9 Å². The van der Waals surface area contributed by atoms with Crippen molar-refractivity contribution in [1.82, 2.24) is 4.90 Å². The van der Waals surface area contributed by atoms with Crippen LogP contribution in [0.1, 0.15) is 31.1 Å². The second kappa shape index (κ2) is 8.93. The van der Waals surface area contributed by atoms with Crippen molar-refractivity contribution < 1.29 is 4.79 Å². The van der Waals surface area contributed by atoms with Crippen LogP contribution in [0.25, 0.3) is 0 Å². The van der Waals surface area contributed by atoms with Crippen LogP contribution in [0.4, 0.5) is 0 Å². The number of benzene rings is 1. The van der Waals surface area contributed by atoms with Crippen molar-refractivity contribution in [3.05, 3.63) is 33.8 Å². The highest BCUT2D eigenvalue weighted by atomic mass is 35.5. The fourth-order valence-corrected chi connectivity index (χ4v) is 3.38. The molecule has 0 fully saturated rings. The Morgan fingerprint density at radius 1 is 1.30 bits per heavy atom. The van der Waals surface area contributed by atoms with Gasteiger partial charge in [-0.1, -0.05) is 37.0 Å². The first-order valence-electron chi connectivity index (χ1n) is 6.82. The van der Waals surface area contributed by atoms with E-state index >= 15 is 0 Å². The van der Waals surface area contributed by atoms with Crippen LogP contribution in [-0.2, 0) is 0 Å². The summed E-state index contributed by atoms with van der Waals surface area (Å²) in [7, 11) is 0. The molecule has 1 atom stereocenters. The fraction of sp³-hybridized carbons (Fsp3) is 0.533. The Bertz CT molecular complexity index is 449. The summed E-state index contributed by atoms with van der Waals surface area (Å²) in [5.41, 5.74) is 0.555. The highest BCUT2D eigenvalue weighted by molar-refractivity contribution is 8.00. The summed E-state index contributed by atoms with van der Waals surface area (Å²) in [4.78, 5) is 14.7. The molecule has 0 aromatic heterocycles. The quantitative estimate of drug-likeness (QED) is 0.646. The van der Waals surface area contributed by atoms with Crippen LogP contribution in [0.3, 0.4) is 0 Å². The van der Waals surface area contributed by atoms with Crippen LogP contribution in [-0.4, -0.2) is 41.3 Å². The van der Waals surface area contributed by atoms with Crippen molar-refractivity contribution in [2.75, 3.05) is 25.4 Å².